The lowest BCUT2D eigenvalue weighted by molar-refractivity contribution is 0.769. The first-order valence-electron chi connectivity index (χ1n) is 28.7. The first-order valence-corrected chi connectivity index (χ1v) is 28.7. The van der Waals surface area contributed by atoms with E-state index in [4.69, 9.17) is 9.97 Å². The molecule has 392 valence electrons. The van der Waals surface area contributed by atoms with Crippen LogP contribution in [0, 0.1) is 0 Å². The SMILES string of the molecule is c1ccc(C2(c3ccccc3)c3cc(-c4ccc(-c5nc6ccccc6nc5-c5ccc(-c6ccc7c(c6)C(c6ccccc6)(c6ccccc6)c6cc(-c8cccnc8)ccc6-7)cc5)cc4)ccc3-c3ccc(-c4cccnc4)cc32)cc1. The van der Waals surface area contributed by atoms with Crippen molar-refractivity contribution in [2.45, 2.75) is 10.8 Å². The summed E-state index contributed by atoms with van der Waals surface area (Å²) in [5, 5.41) is 0. The molecular formula is C80H52N4. The molecule has 2 aliphatic carbocycles. The van der Waals surface area contributed by atoms with Gasteiger partial charge in [0.15, 0.2) is 0 Å². The van der Waals surface area contributed by atoms with E-state index < -0.39 is 10.8 Å². The Balaban J connectivity index is 0.781. The lowest BCUT2D eigenvalue weighted by Gasteiger charge is -2.34. The molecule has 0 atom stereocenters. The van der Waals surface area contributed by atoms with E-state index in [0.29, 0.717) is 0 Å². The average molecular weight is 1070 g/mol. The van der Waals surface area contributed by atoms with Gasteiger partial charge in [-0.05, 0) is 160 Å². The molecule has 14 aromatic rings. The van der Waals surface area contributed by atoms with Gasteiger partial charge in [-0.15, -0.1) is 0 Å². The highest BCUT2D eigenvalue weighted by Gasteiger charge is 2.48. The van der Waals surface area contributed by atoms with Crippen LogP contribution in [0.25, 0.3) is 100 Å². The van der Waals surface area contributed by atoms with Gasteiger partial charge in [0, 0.05) is 35.9 Å². The smallest absolute Gasteiger partial charge is 0.0973 e. The summed E-state index contributed by atoms with van der Waals surface area (Å²) in [6, 6.07) is 106. The van der Waals surface area contributed by atoms with Crippen molar-refractivity contribution >= 4 is 11.0 Å². The summed E-state index contributed by atoms with van der Waals surface area (Å²) < 4.78 is 0. The monoisotopic (exact) mass is 1070 g/mol. The summed E-state index contributed by atoms with van der Waals surface area (Å²) >= 11 is 0. The third-order valence-corrected chi connectivity index (χ3v) is 17.6. The van der Waals surface area contributed by atoms with Gasteiger partial charge in [-0.25, -0.2) is 9.97 Å². The minimum absolute atomic E-state index is 0.570. The predicted octanol–water partition coefficient (Wildman–Crippen LogP) is 19.1. The molecular weight excluding hydrogens is 1020 g/mol. The van der Waals surface area contributed by atoms with Gasteiger partial charge in [-0.1, -0.05) is 243 Å². The third kappa shape index (κ3) is 7.76. The standard InChI is InChI=1S/C80H52N4/c1-5-19-63(20-6-1)79(64-21-7-2-8-22-64)71-47-57(37-41-67(71)69-43-39-59(49-73(69)79)61-17-15-45-81-51-61)53-29-33-55(34-30-53)77-78(84-76-28-14-13-27-75(76)83-77)56-35-31-54(32-36-56)58-38-42-68-70-44-40-60(62-18-16-46-82-52-62)50-74(70)80(72(68)48-58,65-23-9-3-10-24-65)66-25-11-4-12-26-66/h1-52H. The van der Waals surface area contributed by atoms with Crippen LogP contribution >= 0.6 is 0 Å². The summed E-state index contributed by atoms with van der Waals surface area (Å²) in [5.74, 6) is 0. The molecule has 84 heavy (non-hydrogen) atoms. The molecule has 4 heteroatoms. The molecule has 0 unspecified atom stereocenters. The molecule has 0 N–H and O–H groups in total. The molecule has 0 fully saturated rings. The van der Waals surface area contributed by atoms with E-state index in [2.05, 4.69) is 277 Å². The van der Waals surface area contributed by atoms with Crippen molar-refractivity contribution in [3.63, 3.8) is 0 Å². The number of pyridine rings is 2. The van der Waals surface area contributed by atoms with Crippen LogP contribution in [0.5, 0.6) is 0 Å². The predicted molar refractivity (Wildman–Crippen MR) is 342 cm³/mol. The van der Waals surface area contributed by atoms with Crippen molar-refractivity contribution in [2.75, 3.05) is 0 Å². The maximum absolute atomic E-state index is 5.38. The quantitative estimate of drug-likeness (QED) is 0.137. The van der Waals surface area contributed by atoms with Gasteiger partial charge in [0.2, 0.25) is 0 Å². The van der Waals surface area contributed by atoms with E-state index in [1.807, 2.05) is 49.1 Å². The van der Waals surface area contributed by atoms with Gasteiger partial charge in [0.25, 0.3) is 0 Å². The molecule has 0 radical (unpaired) electrons. The molecule has 0 saturated carbocycles. The van der Waals surface area contributed by atoms with Gasteiger partial charge in [0.05, 0.1) is 33.3 Å². The van der Waals surface area contributed by atoms with Crippen LogP contribution < -0.4 is 0 Å². The first-order chi connectivity index (χ1) is 41.6. The van der Waals surface area contributed by atoms with Crippen molar-refractivity contribution < 1.29 is 0 Å². The second-order valence-electron chi connectivity index (χ2n) is 22.1. The third-order valence-electron chi connectivity index (χ3n) is 17.6. The summed E-state index contributed by atoms with van der Waals surface area (Å²) in [5.41, 5.74) is 28.2. The topological polar surface area (TPSA) is 51.6 Å². The minimum atomic E-state index is -0.570. The summed E-state index contributed by atoms with van der Waals surface area (Å²) in [7, 11) is 0. The maximum atomic E-state index is 5.38. The van der Waals surface area contributed by atoms with Crippen LogP contribution in [-0.2, 0) is 10.8 Å². The Morgan fingerprint density at radius 3 is 0.786 bits per heavy atom. The fourth-order valence-corrected chi connectivity index (χ4v) is 13.8. The van der Waals surface area contributed by atoms with Crippen LogP contribution in [0.15, 0.2) is 316 Å². The molecule has 16 rings (SSSR count). The van der Waals surface area contributed by atoms with Gasteiger partial charge in [0.1, 0.15) is 0 Å². The lowest BCUT2D eigenvalue weighted by atomic mass is 9.67. The van der Waals surface area contributed by atoms with Crippen LogP contribution in [0.4, 0.5) is 0 Å². The number of aromatic nitrogens is 4. The van der Waals surface area contributed by atoms with Crippen molar-refractivity contribution in [3.8, 4) is 89.3 Å². The van der Waals surface area contributed by atoms with E-state index in [-0.39, 0.29) is 0 Å². The molecule has 0 aliphatic heterocycles. The number of fused-ring (bicyclic) bond motifs is 7. The Morgan fingerprint density at radius 2 is 0.488 bits per heavy atom. The number of hydrogen-bond donors (Lipinski definition) is 0. The van der Waals surface area contributed by atoms with Gasteiger partial charge < -0.3 is 0 Å². The zero-order chi connectivity index (χ0) is 55.6. The average Bonchev–Trinajstić information content (AvgIpc) is 2.78. The van der Waals surface area contributed by atoms with E-state index in [9.17, 15) is 0 Å². The highest BCUT2D eigenvalue weighted by Crippen LogP contribution is 2.59. The molecule has 11 aromatic carbocycles. The zero-order valence-electron chi connectivity index (χ0n) is 45.8. The number of hydrogen-bond acceptors (Lipinski definition) is 4. The van der Waals surface area contributed by atoms with Gasteiger partial charge in [-0.3, -0.25) is 9.97 Å². The minimum Gasteiger partial charge on any atom is -0.264 e. The van der Waals surface area contributed by atoms with Crippen LogP contribution in [0.2, 0.25) is 0 Å². The van der Waals surface area contributed by atoms with Crippen LogP contribution in [-0.4, -0.2) is 19.9 Å². The Bertz CT molecular complexity index is 4390. The molecule has 0 spiro atoms. The molecule has 0 bridgehead atoms. The Morgan fingerprint density at radius 1 is 0.214 bits per heavy atom. The van der Waals surface area contributed by atoms with Crippen molar-refractivity contribution in [1.82, 2.24) is 19.9 Å². The summed E-state index contributed by atoms with van der Waals surface area (Å²) in [4.78, 5) is 19.7. The van der Waals surface area contributed by atoms with Gasteiger partial charge in [-0.2, -0.15) is 0 Å². The van der Waals surface area contributed by atoms with E-state index in [0.717, 1.165) is 78.1 Å². The number of para-hydroxylation sites is 2. The second kappa shape index (κ2) is 19.9. The van der Waals surface area contributed by atoms with Crippen LogP contribution in [0.1, 0.15) is 44.5 Å². The molecule has 3 aromatic heterocycles. The summed E-state index contributed by atoms with van der Waals surface area (Å²) in [6.07, 6.45) is 7.58. The Labute approximate surface area is 488 Å². The van der Waals surface area contributed by atoms with E-state index in [1.165, 1.54) is 66.8 Å². The molecule has 2 aliphatic rings. The normalized spacial score (nSPS) is 13.2. The largest absolute Gasteiger partial charge is 0.264 e. The Hall–Kier alpha value is -10.9. The lowest BCUT2D eigenvalue weighted by Crippen LogP contribution is -2.28. The Kier molecular flexibility index (Phi) is 11.6. The second-order valence-corrected chi connectivity index (χ2v) is 22.1. The molecule has 4 nitrogen and oxygen atoms in total. The van der Waals surface area contributed by atoms with Crippen molar-refractivity contribution in [3.05, 3.63) is 360 Å². The maximum Gasteiger partial charge on any atom is 0.0973 e. The summed E-state index contributed by atoms with van der Waals surface area (Å²) in [6.45, 7) is 0. The van der Waals surface area contributed by atoms with E-state index in [1.54, 1.807) is 0 Å². The fourth-order valence-electron chi connectivity index (χ4n) is 13.8. The molecule has 0 saturated heterocycles. The van der Waals surface area contributed by atoms with Crippen LogP contribution in [0.3, 0.4) is 0 Å². The van der Waals surface area contributed by atoms with Crippen molar-refractivity contribution in [1.29, 1.82) is 0 Å². The van der Waals surface area contributed by atoms with Crippen molar-refractivity contribution in [2.24, 2.45) is 0 Å². The molecule has 3 heterocycles. The highest BCUT2D eigenvalue weighted by molar-refractivity contribution is 5.93. The number of rotatable bonds is 10. The van der Waals surface area contributed by atoms with Gasteiger partial charge >= 0.3 is 0 Å². The molecule has 0 amide bonds. The first kappa shape index (κ1) is 48.9. The zero-order valence-corrected chi connectivity index (χ0v) is 45.8. The number of nitrogens with zero attached hydrogens (tertiary/aromatic N) is 4. The number of benzene rings is 11. The van der Waals surface area contributed by atoms with E-state index >= 15 is 0 Å². The highest BCUT2D eigenvalue weighted by atomic mass is 14.8. The fraction of sp³-hybridized carbons (Fsp3) is 0.0250.